The molecule has 1 rings (SSSR count). The molecule has 2 heteroatoms. The van der Waals surface area contributed by atoms with Gasteiger partial charge in [0, 0.05) is 6.20 Å². The van der Waals surface area contributed by atoms with Crippen LogP contribution in [0.25, 0.3) is 0 Å². The van der Waals surface area contributed by atoms with Gasteiger partial charge in [0.2, 0.25) is 0 Å². The second kappa shape index (κ2) is 8.97. The Morgan fingerprint density at radius 2 is 1.67 bits per heavy atom. The van der Waals surface area contributed by atoms with E-state index in [4.69, 9.17) is 0 Å². The number of rotatable bonds is 9. The predicted molar refractivity (Wildman–Crippen MR) is 70.1 cm³/mol. The summed E-state index contributed by atoms with van der Waals surface area (Å²) in [4.78, 5) is 0. The van der Waals surface area contributed by atoms with Gasteiger partial charge in [-0.15, -0.1) is 0 Å². The number of hydrogen-bond acceptors (Lipinski definition) is 1. The summed E-state index contributed by atoms with van der Waals surface area (Å²) in [6, 6.07) is 2.19. The van der Waals surface area contributed by atoms with E-state index in [1.165, 1.54) is 57.8 Å². The molecule has 0 bridgehead atoms. The van der Waals surface area contributed by atoms with Gasteiger partial charge in [0.15, 0.2) is 0 Å². The molecule has 0 amide bonds. The lowest BCUT2D eigenvalue weighted by Crippen LogP contribution is -1.83. The van der Waals surface area contributed by atoms with Crippen molar-refractivity contribution in [2.75, 3.05) is 0 Å². The van der Waals surface area contributed by atoms with Gasteiger partial charge in [0.1, 0.15) is 0 Å². The molecule has 1 aromatic heterocycles. The molecule has 1 atom stereocenters. The smallest absolute Gasteiger partial charge is 0.0312 e. The van der Waals surface area contributed by atoms with Gasteiger partial charge in [-0.3, -0.25) is 0 Å². The topological polar surface area (TPSA) is 12.9 Å². The Balaban J connectivity index is 1.81. The minimum atomic E-state index is 0.742. The molecule has 1 unspecified atom stereocenters. The molecule has 86 valence electrons. The summed E-state index contributed by atoms with van der Waals surface area (Å²) in [7, 11) is 0.742. The second-order valence-electron chi connectivity index (χ2n) is 4.31. The Kier molecular flexibility index (Phi) is 7.64. The first-order valence-electron chi connectivity index (χ1n) is 6.41. The lowest BCUT2D eigenvalue weighted by molar-refractivity contribution is 0.576. The zero-order valence-electron chi connectivity index (χ0n) is 9.97. The van der Waals surface area contributed by atoms with Gasteiger partial charge in [0.05, 0.1) is 0 Å². The van der Waals surface area contributed by atoms with Crippen LogP contribution < -0.4 is 0 Å². The molecule has 15 heavy (non-hydrogen) atoms. The van der Waals surface area contributed by atoms with E-state index in [2.05, 4.69) is 17.7 Å². The molecule has 0 radical (unpaired) electrons. The molecule has 1 heterocycles. The highest BCUT2D eigenvalue weighted by Crippen LogP contribution is 2.15. The lowest BCUT2D eigenvalue weighted by atomic mass is 10.1. The quantitative estimate of drug-likeness (QED) is 0.550. The summed E-state index contributed by atoms with van der Waals surface area (Å²) in [5.41, 5.74) is 0. The zero-order valence-corrected chi connectivity index (χ0v) is 11.0. The highest BCUT2D eigenvalue weighted by atomic mass is 31.0. The number of nitrogens with zero attached hydrogens (tertiary/aromatic N) is 1. The van der Waals surface area contributed by atoms with Gasteiger partial charge >= 0.3 is 0 Å². The molecule has 0 aromatic carbocycles. The normalized spacial score (nSPS) is 11.3. The van der Waals surface area contributed by atoms with Crippen LogP contribution in [0.4, 0.5) is 0 Å². The van der Waals surface area contributed by atoms with Crippen LogP contribution >= 0.6 is 8.35 Å². The van der Waals surface area contributed by atoms with Crippen molar-refractivity contribution in [3.05, 3.63) is 17.6 Å². The minimum Gasteiger partial charge on any atom is -0.249 e. The average Bonchev–Trinajstić information content (AvgIpc) is 2.75. The molecule has 0 aliphatic heterocycles. The Bertz CT molecular complexity index is 218. The van der Waals surface area contributed by atoms with Gasteiger partial charge < -0.3 is 0 Å². The van der Waals surface area contributed by atoms with Crippen LogP contribution in [-0.2, 0) is 6.42 Å². The van der Waals surface area contributed by atoms with Crippen LogP contribution in [-0.4, -0.2) is 4.75 Å². The molecule has 0 saturated carbocycles. The molecule has 0 spiro atoms. The number of aryl methyl sites for hydroxylation is 1. The Hall–Kier alpha value is -0.290. The van der Waals surface area contributed by atoms with Crippen molar-refractivity contribution in [3.63, 3.8) is 0 Å². The van der Waals surface area contributed by atoms with Crippen molar-refractivity contribution in [3.8, 4) is 0 Å². The van der Waals surface area contributed by atoms with Crippen molar-refractivity contribution in [2.45, 2.75) is 64.7 Å². The SMILES string of the molecule is CCCCCCCCCCc1ccn[pH]1. The van der Waals surface area contributed by atoms with E-state index >= 15 is 0 Å². The third-order valence-electron chi connectivity index (χ3n) is 2.86. The van der Waals surface area contributed by atoms with Crippen molar-refractivity contribution in [1.29, 1.82) is 0 Å². The van der Waals surface area contributed by atoms with E-state index in [1.54, 1.807) is 5.30 Å². The molecule has 0 N–H and O–H groups in total. The van der Waals surface area contributed by atoms with E-state index in [0.717, 1.165) is 8.35 Å². The zero-order chi connectivity index (χ0) is 10.8. The van der Waals surface area contributed by atoms with Crippen LogP contribution in [0.15, 0.2) is 12.3 Å². The first-order chi connectivity index (χ1) is 7.43. The first kappa shape index (κ1) is 12.8. The summed E-state index contributed by atoms with van der Waals surface area (Å²) < 4.78 is 4.22. The van der Waals surface area contributed by atoms with E-state index in [-0.39, 0.29) is 0 Å². The molecule has 0 fully saturated rings. The Morgan fingerprint density at radius 1 is 1.00 bits per heavy atom. The van der Waals surface area contributed by atoms with Gasteiger partial charge in [-0.2, -0.15) is 0 Å². The summed E-state index contributed by atoms with van der Waals surface area (Å²) in [5.74, 6) is 0. The van der Waals surface area contributed by atoms with E-state index in [1.807, 2.05) is 6.20 Å². The van der Waals surface area contributed by atoms with Crippen LogP contribution in [0, 0.1) is 0 Å². The maximum Gasteiger partial charge on any atom is 0.0312 e. The van der Waals surface area contributed by atoms with E-state index in [0.29, 0.717) is 0 Å². The summed E-state index contributed by atoms with van der Waals surface area (Å²) >= 11 is 0. The maximum atomic E-state index is 4.22. The molecule has 1 aromatic rings. The number of aromatic nitrogens is 1. The maximum absolute atomic E-state index is 4.22. The lowest BCUT2D eigenvalue weighted by Gasteiger charge is -2.00. The molecule has 1 nitrogen and oxygen atoms in total. The summed E-state index contributed by atoms with van der Waals surface area (Å²) in [6.45, 7) is 2.28. The predicted octanol–water partition coefficient (Wildman–Crippen LogP) is 4.80. The van der Waals surface area contributed by atoms with Crippen LogP contribution in [0.2, 0.25) is 0 Å². The van der Waals surface area contributed by atoms with Crippen molar-refractivity contribution in [1.82, 2.24) is 4.75 Å². The summed E-state index contributed by atoms with van der Waals surface area (Å²) in [6.07, 6.45) is 14.6. The molecule has 0 saturated heterocycles. The highest BCUT2D eigenvalue weighted by Gasteiger charge is 1.94. The largest absolute Gasteiger partial charge is 0.249 e. The fraction of sp³-hybridized carbons (Fsp3) is 0.769. The molecular weight excluding hydrogens is 201 g/mol. The third kappa shape index (κ3) is 6.73. The number of unbranched alkanes of at least 4 members (excludes halogenated alkanes) is 7. The van der Waals surface area contributed by atoms with Crippen molar-refractivity contribution >= 4 is 8.35 Å². The second-order valence-corrected chi connectivity index (χ2v) is 5.43. The minimum absolute atomic E-state index is 0.742. The van der Waals surface area contributed by atoms with Crippen LogP contribution in [0.3, 0.4) is 0 Å². The van der Waals surface area contributed by atoms with Gasteiger partial charge in [-0.1, -0.05) is 51.9 Å². The fourth-order valence-electron chi connectivity index (χ4n) is 1.87. The van der Waals surface area contributed by atoms with Gasteiger partial charge in [-0.25, -0.2) is 4.75 Å². The van der Waals surface area contributed by atoms with Crippen molar-refractivity contribution in [2.24, 2.45) is 0 Å². The molecule has 0 aliphatic carbocycles. The standard InChI is InChI=1S/C13H24NP/c1-2-3-4-5-6-7-8-9-10-13-11-12-14-15-13/h11-12,15H,2-10H2,1H3. The Labute approximate surface area is 95.8 Å². The highest BCUT2D eigenvalue weighted by molar-refractivity contribution is 7.26. The van der Waals surface area contributed by atoms with E-state index < -0.39 is 0 Å². The average molecular weight is 225 g/mol. The van der Waals surface area contributed by atoms with Crippen molar-refractivity contribution < 1.29 is 0 Å². The fourth-order valence-corrected chi connectivity index (χ4v) is 2.63. The van der Waals surface area contributed by atoms with Gasteiger partial charge in [0.25, 0.3) is 0 Å². The monoisotopic (exact) mass is 225 g/mol. The van der Waals surface area contributed by atoms with E-state index in [9.17, 15) is 0 Å². The molecule has 0 aliphatic rings. The van der Waals surface area contributed by atoms with Crippen LogP contribution in [0.1, 0.15) is 63.6 Å². The summed E-state index contributed by atoms with van der Waals surface area (Å²) in [5, 5.41) is 1.56. The molecular formula is C13H24NP. The number of hydrogen-bond donors (Lipinski definition) is 0. The van der Waals surface area contributed by atoms with Crippen LogP contribution in [0.5, 0.6) is 0 Å². The van der Waals surface area contributed by atoms with Gasteiger partial charge in [-0.05, 0) is 32.6 Å². The third-order valence-corrected chi connectivity index (χ3v) is 3.84. The Morgan fingerprint density at radius 3 is 2.27 bits per heavy atom. The first-order valence-corrected chi connectivity index (χ1v) is 7.36.